The van der Waals surface area contributed by atoms with E-state index in [0.717, 1.165) is 48.2 Å². The first-order valence-electron chi connectivity index (χ1n) is 8.66. The summed E-state index contributed by atoms with van der Waals surface area (Å²) in [7, 11) is 0. The molecule has 5 heteroatoms. The fraction of sp³-hybridized carbons (Fsp3) is 0.526. The first-order valence-corrected chi connectivity index (χ1v) is 8.66. The molecule has 1 aromatic carbocycles. The molecule has 3 heterocycles. The topological polar surface area (TPSA) is 45.5 Å². The predicted molar refractivity (Wildman–Crippen MR) is 98.0 cm³/mol. The molecule has 0 unspecified atom stereocenters. The molecule has 2 aromatic rings. The van der Waals surface area contributed by atoms with Crippen LogP contribution >= 0.6 is 12.4 Å². The van der Waals surface area contributed by atoms with Gasteiger partial charge in [0, 0.05) is 30.1 Å². The van der Waals surface area contributed by atoms with Crippen LogP contribution in [-0.2, 0) is 0 Å². The Morgan fingerprint density at radius 1 is 1.29 bits per heavy atom. The van der Waals surface area contributed by atoms with Gasteiger partial charge in [-0.05, 0) is 57.2 Å². The van der Waals surface area contributed by atoms with Crippen molar-refractivity contribution in [1.82, 2.24) is 10.2 Å². The molecular formula is C19H25ClN2O2. The second-order valence-corrected chi connectivity index (χ2v) is 7.06. The van der Waals surface area contributed by atoms with Crippen LogP contribution in [-0.4, -0.2) is 36.5 Å². The minimum atomic E-state index is 0. The number of likely N-dealkylation sites (tertiary alicyclic amines) is 1. The monoisotopic (exact) mass is 348 g/mol. The Hall–Kier alpha value is -1.52. The number of hydrogen-bond acceptors (Lipinski definition) is 3. The number of halogens is 1. The zero-order valence-electron chi connectivity index (χ0n) is 14.3. The molecule has 2 saturated heterocycles. The Balaban J connectivity index is 0.00000169. The lowest BCUT2D eigenvalue weighted by atomic mass is 9.85. The molecular weight excluding hydrogens is 324 g/mol. The van der Waals surface area contributed by atoms with Crippen molar-refractivity contribution < 1.29 is 9.21 Å². The van der Waals surface area contributed by atoms with Gasteiger partial charge in [-0.15, -0.1) is 12.4 Å². The van der Waals surface area contributed by atoms with E-state index < -0.39 is 0 Å². The van der Waals surface area contributed by atoms with Crippen LogP contribution < -0.4 is 5.32 Å². The smallest absolute Gasteiger partial charge is 0.289 e. The van der Waals surface area contributed by atoms with E-state index in [1.807, 2.05) is 24.8 Å². The van der Waals surface area contributed by atoms with Gasteiger partial charge in [-0.25, -0.2) is 0 Å². The fourth-order valence-corrected chi connectivity index (χ4v) is 4.11. The number of nitrogens with zero attached hydrogens (tertiary/aromatic N) is 1. The average molecular weight is 349 g/mol. The van der Waals surface area contributed by atoms with Crippen molar-refractivity contribution in [2.24, 2.45) is 5.92 Å². The van der Waals surface area contributed by atoms with Gasteiger partial charge in [0.2, 0.25) is 0 Å². The van der Waals surface area contributed by atoms with Gasteiger partial charge < -0.3 is 14.6 Å². The summed E-state index contributed by atoms with van der Waals surface area (Å²) in [6, 6.07) is 6.72. The Kier molecular flexibility index (Phi) is 4.88. The van der Waals surface area contributed by atoms with E-state index in [4.69, 9.17) is 4.42 Å². The van der Waals surface area contributed by atoms with Crippen LogP contribution in [0.5, 0.6) is 0 Å². The predicted octanol–water partition coefficient (Wildman–Crippen LogP) is 3.69. The van der Waals surface area contributed by atoms with Gasteiger partial charge in [0.1, 0.15) is 5.58 Å². The molecule has 4 nitrogen and oxygen atoms in total. The Bertz CT molecular complexity index is 755. The number of nitrogens with one attached hydrogen (secondary N) is 1. The van der Waals surface area contributed by atoms with Gasteiger partial charge in [0.25, 0.3) is 5.91 Å². The van der Waals surface area contributed by atoms with Gasteiger partial charge in [-0.2, -0.15) is 0 Å². The molecule has 0 aliphatic carbocycles. The summed E-state index contributed by atoms with van der Waals surface area (Å²) in [5.74, 6) is 1.17. The number of aryl methyl sites for hydroxylation is 2. The zero-order chi connectivity index (χ0) is 16.0. The number of fused-ring (bicyclic) bond motifs is 2. The lowest BCUT2D eigenvalue weighted by molar-refractivity contribution is 0.0563. The van der Waals surface area contributed by atoms with Gasteiger partial charge in [-0.1, -0.05) is 12.1 Å². The van der Waals surface area contributed by atoms with Crippen molar-refractivity contribution in [2.45, 2.75) is 39.2 Å². The Morgan fingerprint density at radius 3 is 2.96 bits per heavy atom. The Morgan fingerprint density at radius 2 is 2.12 bits per heavy atom. The molecule has 0 bridgehead atoms. The van der Waals surface area contributed by atoms with Gasteiger partial charge in [-0.3, -0.25) is 4.79 Å². The molecule has 2 atom stereocenters. The number of furan rings is 1. The molecule has 0 saturated carbocycles. The highest BCUT2D eigenvalue weighted by Crippen LogP contribution is 2.30. The minimum Gasteiger partial charge on any atom is -0.451 e. The summed E-state index contributed by atoms with van der Waals surface area (Å²) in [6.07, 6.45) is 3.49. The summed E-state index contributed by atoms with van der Waals surface area (Å²) in [4.78, 5) is 15.0. The minimum absolute atomic E-state index is 0. The Labute approximate surface area is 149 Å². The second kappa shape index (κ2) is 6.77. The number of hydrogen-bond donors (Lipinski definition) is 1. The number of carbonyl (C=O) groups is 1. The second-order valence-electron chi connectivity index (χ2n) is 7.06. The van der Waals surface area contributed by atoms with Crippen molar-refractivity contribution in [3.05, 3.63) is 35.1 Å². The highest BCUT2D eigenvalue weighted by Gasteiger charge is 2.34. The third-order valence-corrected chi connectivity index (χ3v) is 5.47. The van der Waals surface area contributed by atoms with Crippen molar-refractivity contribution >= 4 is 29.3 Å². The van der Waals surface area contributed by atoms with Crippen LogP contribution in [0.25, 0.3) is 11.0 Å². The molecule has 4 rings (SSSR count). The van der Waals surface area contributed by atoms with Crippen LogP contribution in [0, 0.1) is 19.8 Å². The molecule has 0 spiro atoms. The largest absolute Gasteiger partial charge is 0.451 e. The summed E-state index contributed by atoms with van der Waals surface area (Å²) >= 11 is 0. The fourth-order valence-electron chi connectivity index (χ4n) is 4.11. The van der Waals surface area contributed by atoms with E-state index >= 15 is 0 Å². The van der Waals surface area contributed by atoms with Crippen molar-refractivity contribution in [3.8, 4) is 0 Å². The average Bonchev–Trinajstić information content (AvgIpc) is 2.89. The molecule has 130 valence electrons. The summed E-state index contributed by atoms with van der Waals surface area (Å²) in [6.45, 7) is 6.83. The quantitative estimate of drug-likeness (QED) is 0.855. The van der Waals surface area contributed by atoms with Crippen molar-refractivity contribution in [3.63, 3.8) is 0 Å². The number of rotatable bonds is 1. The third-order valence-electron chi connectivity index (χ3n) is 5.47. The maximum atomic E-state index is 13.0. The normalized spacial score (nSPS) is 23.7. The number of carbonyl (C=O) groups excluding carboxylic acids is 1. The SMILES string of the molecule is Cc1ccc2c(C)c(C(=O)N3CC[C@@H]4NCCC[C@@H]4C3)oc2c1.Cl. The van der Waals surface area contributed by atoms with E-state index in [2.05, 4.69) is 17.4 Å². The van der Waals surface area contributed by atoms with E-state index in [1.165, 1.54) is 12.8 Å². The lowest BCUT2D eigenvalue weighted by Gasteiger charge is -2.41. The molecule has 2 aliphatic heterocycles. The zero-order valence-corrected chi connectivity index (χ0v) is 15.1. The molecule has 2 fully saturated rings. The van der Waals surface area contributed by atoms with Gasteiger partial charge in [0.15, 0.2) is 5.76 Å². The first kappa shape index (κ1) is 17.3. The maximum absolute atomic E-state index is 13.0. The van der Waals surface area contributed by atoms with Gasteiger partial charge >= 0.3 is 0 Å². The summed E-state index contributed by atoms with van der Waals surface area (Å²) in [5.41, 5.74) is 2.94. The van der Waals surface area contributed by atoms with Gasteiger partial charge in [0.05, 0.1) is 0 Å². The molecule has 1 amide bonds. The van der Waals surface area contributed by atoms with Crippen molar-refractivity contribution in [2.75, 3.05) is 19.6 Å². The van der Waals surface area contributed by atoms with Crippen LogP contribution in [0.1, 0.15) is 40.9 Å². The number of amides is 1. The van der Waals surface area contributed by atoms with E-state index in [0.29, 0.717) is 17.7 Å². The molecule has 0 radical (unpaired) electrons. The summed E-state index contributed by atoms with van der Waals surface area (Å²) in [5, 5.41) is 4.65. The molecule has 1 aromatic heterocycles. The highest BCUT2D eigenvalue weighted by molar-refractivity contribution is 5.99. The number of piperidine rings is 2. The maximum Gasteiger partial charge on any atom is 0.289 e. The lowest BCUT2D eigenvalue weighted by Crippen LogP contribution is -2.53. The van der Waals surface area contributed by atoms with E-state index in [9.17, 15) is 4.79 Å². The van der Waals surface area contributed by atoms with Crippen LogP contribution in [0.4, 0.5) is 0 Å². The molecule has 24 heavy (non-hydrogen) atoms. The van der Waals surface area contributed by atoms with Crippen molar-refractivity contribution in [1.29, 1.82) is 0 Å². The first-order chi connectivity index (χ1) is 11.1. The van der Waals surface area contributed by atoms with Crippen LogP contribution in [0.3, 0.4) is 0 Å². The summed E-state index contributed by atoms with van der Waals surface area (Å²) < 4.78 is 5.92. The third kappa shape index (κ3) is 2.93. The van der Waals surface area contributed by atoms with Crippen LogP contribution in [0.2, 0.25) is 0 Å². The van der Waals surface area contributed by atoms with Crippen LogP contribution in [0.15, 0.2) is 22.6 Å². The highest BCUT2D eigenvalue weighted by atomic mass is 35.5. The van der Waals surface area contributed by atoms with E-state index in [1.54, 1.807) is 0 Å². The van der Waals surface area contributed by atoms with E-state index in [-0.39, 0.29) is 18.3 Å². The standard InChI is InChI=1S/C19H24N2O2.ClH/c1-12-5-6-15-13(2)18(23-17(15)10-12)19(22)21-9-7-16-14(11-21)4-3-8-20-16;/h5-6,10,14,16,20H,3-4,7-9,11H2,1-2H3;1H/t14-,16+;/m1./s1. The molecule has 2 aliphatic rings. The number of benzene rings is 1. The molecule has 1 N–H and O–H groups in total.